The fraction of sp³-hybridized carbons (Fsp3) is 0.300. The lowest BCUT2D eigenvalue weighted by molar-refractivity contribution is 0.315. The molecule has 0 bridgehead atoms. The minimum absolute atomic E-state index is 0.0149. The summed E-state index contributed by atoms with van der Waals surface area (Å²) in [5.41, 5.74) is 0.823. The van der Waals surface area contributed by atoms with E-state index in [0.717, 1.165) is 11.5 Å². The molecule has 14 heavy (non-hydrogen) atoms. The summed E-state index contributed by atoms with van der Waals surface area (Å²) in [5.74, 6) is 1.28. The van der Waals surface area contributed by atoms with Crippen LogP contribution in [0.5, 0.6) is 5.75 Å². The summed E-state index contributed by atoms with van der Waals surface area (Å²) in [4.78, 5) is 0. The van der Waals surface area contributed by atoms with Crippen molar-refractivity contribution in [3.63, 3.8) is 0 Å². The summed E-state index contributed by atoms with van der Waals surface area (Å²) in [6.07, 6.45) is 0. The maximum atomic E-state index is 8.94. The third kappa shape index (κ3) is 2.32. The van der Waals surface area contributed by atoms with Gasteiger partial charge in [-0.1, -0.05) is 30.1 Å². The van der Waals surface area contributed by atoms with Crippen LogP contribution < -0.4 is 4.74 Å². The van der Waals surface area contributed by atoms with E-state index in [4.69, 9.17) is 33.0 Å². The Kier molecular flexibility index (Phi) is 4.05. The van der Waals surface area contributed by atoms with E-state index >= 15 is 0 Å². The second-order valence-electron chi connectivity index (χ2n) is 2.91. The Labute approximate surface area is 93.4 Å². The van der Waals surface area contributed by atoms with Gasteiger partial charge in [-0.05, 0) is 17.7 Å². The number of hydrogen-bond donors (Lipinski definition) is 1. The molecule has 1 radical (unpaired) electrons. The number of aliphatic hydroxyl groups excluding tert-OH is 1. The molecule has 0 aromatic heterocycles. The summed E-state index contributed by atoms with van der Waals surface area (Å²) < 4.78 is 5.01. The molecule has 0 spiro atoms. The van der Waals surface area contributed by atoms with E-state index in [2.05, 4.69) is 0 Å². The zero-order valence-electron chi connectivity index (χ0n) is 7.97. The SMILES string of the molecule is COc1c(Cl)cc([C](C)CO)cc1Cl. The lowest BCUT2D eigenvalue weighted by atomic mass is 10.0. The molecule has 0 unspecified atom stereocenters. The van der Waals surface area contributed by atoms with Crippen molar-refractivity contribution in [1.29, 1.82) is 0 Å². The normalized spacial score (nSPS) is 10.7. The minimum Gasteiger partial charge on any atom is -0.494 e. The van der Waals surface area contributed by atoms with Crippen LogP contribution in [-0.2, 0) is 0 Å². The van der Waals surface area contributed by atoms with E-state index in [1.54, 1.807) is 12.1 Å². The molecule has 0 amide bonds. The Bertz CT molecular complexity index is 303. The molecular weight excluding hydrogens is 223 g/mol. The standard InChI is InChI=1S/C10H11Cl2O2/c1-6(5-13)7-3-8(11)10(14-2)9(12)4-7/h3-4,13H,5H2,1-2H3. The predicted octanol–water partition coefficient (Wildman–Crippen LogP) is 2.94. The molecule has 4 heteroatoms. The first-order valence-corrected chi connectivity index (χ1v) is 4.82. The monoisotopic (exact) mass is 233 g/mol. The molecule has 0 aliphatic heterocycles. The minimum atomic E-state index is -0.0149. The van der Waals surface area contributed by atoms with Crippen molar-refractivity contribution in [1.82, 2.24) is 0 Å². The van der Waals surface area contributed by atoms with Crippen LogP contribution >= 0.6 is 23.2 Å². The Balaban J connectivity index is 3.13. The van der Waals surface area contributed by atoms with Gasteiger partial charge in [-0.15, -0.1) is 0 Å². The fourth-order valence-electron chi connectivity index (χ4n) is 1.09. The number of aliphatic hydroxyl groups is 1. The highest BCUT2D eigenvalue weighted by Crippen LogP contribution is 2.35. The molecule has 1 rings (SSSR count). The highest BCUT2D eigenvalue weighted by molar-refractivity contribution is 6.37. The van der Waals surface area contributed by atoms with Gasteiger partial charge in [0.15, 0.2) is 5.75 Å². The maximum absolute atomic E-state index is 8.94. The molecule has 1 aromatic carbocycles. The Morgan fingerprint density at radius 2 is 1.86 bits per heavy atom. The van der Waals surface area contributed by atoms with Crippen LogP contribution in [0.25, 0.3) is 0 Å². The molecule has 2 nitrogen and oxygen atoms in total. The summed E-state index contributed by atoms with van der Waals surface area (Å²) in [6, 6.07) is 3.44. The van der Waals surface area contributed by atoms with E-state index in [0.29, 0.717) is 15.8 Å². The first kappa shape index (κ1) is 11.6. The van der Waals surface area contributed by atoms with Gasteiger partial charge in [0.1, 0.15) is 0 Å². The number of rotatable bonds is 3. The first-order chi connectivity index (χ1) is 6.60. The van der Waals surface area contributed by atoms with E-state index < -0.39 is 0 Å². The Morgan fingerprint density at radius 3 is 2.21 bits per heavy atom. The van der Waals surface area contributed by atoms with Crippen LogP contribution in [-0.4, -0.2) is 18.8 Å². The summed E-state index contributed by atoms with van der Waals surface area (Å²) in [5, 5.41) is 9.84. The molecule has 0 aliphatic rings. The van der Waals surface area contributed by atoms with Gasteiger partial charge >= 0.3 is 0 Å². The van der Waals surface area contributed by atoms with Crippen molar-refractivity contribution in [2.45, 2.75) is 6.92 Å². The van der Waals surface area contributed by atoms with Crippen LogP contribution in [0.15, 0.2) is 12.1 Å². The van der Waals surface area contributed by atoms with Gasteiger partial charge in [0.2, 0.25) is 0 Å². The average Bonchev–Trinajstić information content (AvgIpc) is 2.16. The van der Waals surface area contributed by atoms with Gasteiger partial charge in [0, 0.05) is 5.92 Å². The van der Waals surface area contributed by atoms with Crippen molar-refractivity contribution >= 4 is 23.2 Å². The fourth-order valence-corrected chi connectivity index (χ4v) is 1.73. The van der Waals surface area contributed by atoms with E-state index in [1.165, 1.54) is 7.11 Å². The lowest BCUT2D eigenvalue weighted by Gasteiger charge is -2.11. The topological polar surface area (TPSA) is 29.5 Å². The predicted molar refractivity (Wildman–Crippen MR) is 58.1 cm³/mol. The molecule has 0 atom stereocenters. The van der Waals surface area contributed by atoms with Crippen molar-refractivity contribution in [3.05, 3.63) is 33.7 Å². The summed E-state index contributed by atoms with van der Waals surface area (Å²) >= 11 is 11.9. The molecule has 0 saturated heterocycles. The van der Waals surface area contributed by atoms with E-state index in [1.807, 2.05) is 6.92 Å². The second-order valence-corrected chi connectivity index (χ2v) is 3.73. The van der Waals surface area contributed by atoms with Gasteiger partial charge in [-0.2, -0.15) is 0 Å². The number of hydrogen-bond acceptors (Lipinski definition) is 2. The molecule has 0 fully saturated rings. The largest absolute Gasteiger partial charge is 0.494 e. The molecule has 1 aromatic rings. The van der Waals surface area contributed by atoms with Crippen molar-refractivity contribution in [2.24, 2.45) is 0 Å². The van der Waals surface area contributed by atoms with Crippen molar-refractivity contribution < 1.29 is 9.84 Å². The smallest absolute Gasteiger partial charge is 0.156 e. The van der Waals surface area contributed by atoms with Crippen molar-refractivity contribution in [3.8, 4) is 5.75 Å². The highest BCUT2D eigenvalue weighted by Gasteiger charge is 2.12. The van der Waals surface area contributed by atoms with Crippen LogP contribution in [0.3, 0.4) is 0 Å². The van der Waals surface area contributed by atoms with Crippen LogP contribution in [0.4, 0.5) is 0 Å². The third-order valence-corrected chi connectivity index (χ3v) is 2.49. The lowest BCUT2D eigenvalue weighted by Crippen LogP contribution is -2.00. The van der Waals surface area contributed by atoms with E-state index in [9.17, 15) is 0 Å². The molecule has 0 aliphatic carbocycles. The van der Waals surface area contributed by atoms with Crippen molar-refractivity contribution in [2.75, 3.05) is 13.7 Å². The molecular formula is C10H11Cl2O2. The quantitative estimate of drug-likeness (QED) is 0.871. The zero-order valence-corrected chi connectivity index (χ0v) is 9.49. The van der Waals surface area contributed by atoms with Gasteiger partial charge in [0.05, 0.1) is 23.8 Å². The molecule has 0 saturated carbocycles. The highest BCUT2D eigenvalue weighted by atomic mass is 35.5. The van der Waals surface area contributed by atoms with Gasteiger partial charge in [-0.3, -0.25) is 0 Å². The Hall–Kier alpha value is -0.440. The third-order valence-electron chi connectivity index (χ3n) is 1.93. The van der Waals surface area contributed by atoms with Crippen LogP contribution in [0, 0.1) is 5.92 Å². The van der Waals surface area contributed by atoms with Gasteiger partial charge in [0.25, 0.3) is 0 Å². The number of methoxy groups -OCH3 is 1. The summed E-state index contributed by atoms with van der Waals surface area (Å²) in [7, 11) is 1.51. The van der Waals surface area contributed by atoms with Gasteiger partial charge in [-0.25, -0.2) is 0 Å². The average molecular weight is 234 g/mol. The first-order valence-electron chi connectivity index (χ1n) is 4.06. The van der Waals surface area contributed by atoms with Gasteiger partial charge < -0.3 is 9.84 Å². The summed E-state index contributed by atoms with van der Waals surface area (Å²) in [6.45, 7) is 1.80. The molecule has 77 valence electrons. The molecule has 0 heterocycles. The Morgan fingerprint density at radius 1 is 1.36 bits per heavy atom. The molecule has 1 N–H and O–H groups in total. The zero-order chi connectivity index (χ0) is 10.7. The number of ether oxygens (including phenoxy) is 1. The number of halogens is 2. The second kappa shape index (κ2) is 4.87. The maximum Gasteiger partial charge on any atom is 0.156 e. The van der Waals surface area contributed by atoms with Crippen LogP contribution in [0.1, 0.15) is 12.5 Å². The van der Waals surface area contributed by atoms with Crippen LogP contribution in [0.2, 0.25) is 10.0 Å². The van der Waals surface area contributed by atoms with E-state index in [-0.39, 0.29) is 6.61 Å². The number of benzene rings is 1.